The molecule has 1 aromatic carbocycles. The van der Waals surface area contributed by atoms with E-state index in [9.17, 15) is 0 Å². The Balaban J connectivity index is 2.53. The highest BCUT2D eigenvalue weighted by molar-refractivity contribution is 7.80. The van der Waals surface area contributed by atoms with Gasteiger partial charge in [-0.1, -0.05) is 58.4 Å². The number of nitrogens with zero attached hydrogens (tertiary/aromatic N) is 2. The van der Waals surface area contributed by atoms with Crippen LogP contribution in [0.25, 0.3) is 0 Å². The van der Waals surface area contributed by atoms with Crippen molar-refractivity contribution in [3.05, 3.63) is 44.7 Å². The van der Waals surface area contributed by atoms with Crippen LogP contribution >= 0.6 is 35.2 Å². The van der Waals surface area contributed by atoms with Crippen molar-refractivity contribution in [1.29, 1.82) is 0 Å². The van der Waals surface area contributed by atoms with Crippen LogP contribution in [0.5, 0.6) is 5.75 Å². The van der Waals surface area contributed by atoms with Crippen LogP contribution in [0, 0.1) is 5.92 Å². The van der Waals surface area contributed by atoms with E-state index in [-0.39, 0.29) is 5.41 Å². The second-order valence-corrected chi connectivity index (χ2v) is 9.50. The van der Waals surface area contributed by atoms with Gasteiger partial charge < -0.3 is 9.30 Å². The van der Waals surface area contributed by atoms with Gasteiger partial charge in [-0.15, -0.1) is 11.3 Å². The first-order chi connectivity index (χ1) is 12.1. The third kappa shape index (κ3) is 5.41. The molecule has 142 valence electrons. The molecule has 0 fully saturated rings. The molecule has 0 amide bonds. The van der Waals surface area contributed by atoms with Crippen molar-refractivity contribution in [2.45, 2.75) is 53.5 Å². The molecular formula is C20H27ClN2OS2. The zero-order valence-corrected chi connectivity index (χ0v) is 18.7. The lowest BCUT2D eigenvalue weighted by atomic mass is 9.95. The summed E-state index contributed by atoms with van der Waals surface area (Å²) in [5.74, 6) is 1.24. The number of benzene rings is 1. The fraction of sp³-hybridized carbons (Fsp3) is 0.500. The van der Waals surface area contributed by atoms with Gasteiger partial charge in [-0.2, -0.15) is 0 Å². The van der Waals surface area contributed by atoms with Crippen molar-refractivity contribution in [1.82, 2.24) is 4.57 Å². The van der Waals surface area contributed by atoms with Gasteiger partial charge in [0.05, 0.1) is 12.2 Å². The van der Waals surface area contributed by atoms with Crippen LogP contribution in [0.3, 0.4) is 0 Å². The predicted molar refractivity (Wildman–Crippen MR) is 116 cm³/mol. The van der Waals surface area contributed by atoms with E-state index in [4.69, 9.17) is 33.5 Å². The third-order valence-corrected chi connectivity index (χ3v) is 5.68. The second-order valence-electron chi connectivity index (χ2n) is 7.66. The number of thiazole rings is 1. The van der Waals surface area contributed by atoms with E-state index in [0.717, 1.165) is 16.9 Å². The number of hydrogen-bond acceptors (Lipinski definition) is 3. The van der Waals surface area contributed by atoms with Crippen molar-refractivity contribution in [3.63, 3.8) is 0 Å². The Labute approximate surface area is 170 Å². The fourth-order valence-corrected chi connectivity index (χ4v) is 3.98. The molecule has 2 aromatic rings. The number of hydrogen-bond donors (Lipinski definition) is 0. The lowest BCUT2D eigenvalue weighted by Gasteiger charge is -2.14. The monoisotopic (exact) mass is 410 g/mol. The molecule has 0 N–H and O–H groups in total. The van der Waals surface area contributed by atoms with Gasteiger partial charge in [0.25, 0.3) is 0 Å². The molecule has 1 heterocycles. The number of ether oxygens (including phenoxy) is 1. The van der Waals surface area contributed by atoms with Gasteiger partial charge in [0, 0.05) is 22.6 Å². The van der Waals surface area contributed by atoms with E-state index < -0.39 is 0 Å². The van der Waals surface area contributed by atoms with Crippen molar-refractivity contribution in [2.75, 3.05) is 6.61 Å². The molecule has 1 aromatic heterocycles. The molecule has 0 aliphatic carbocycles. The molecule has 0 saturated carbocycles. The predicted octanol–water partition coefficient (Wildman–Crippen LogP) is 5.83. The third-order valence-electron chi connectivity index (χ3n) is 3.69. The van der Waals surface area contributed by atoms with E-state index >= 15 is 0 Å². The average Bonchev–Trinajstić information content (AvgIpc) is 2.91. The van der Waals surface area contributed by atoms with Crippen molar-refractivity contribution < 1.29 is 4.74 Å². The maximum atomic E-state index is 6.17. The van der Waals surface area contributed by atoms with Crippen molar-refractivity contribution in [2.24, 2.45) is 10.9 Å². The van der Waals surface area contributed by atoms with Crippen LogP contribution in [-0.4, -0.2) is 16.2 Å². The quantitative estimate of drug-likeness (QED) is 0.579. The molecule has 0 bridgehead atoms. The maximum Gasteiger partial charge on any atom is 0.191 e. The zero-order chi connectivity index (χ0) is 19.5. The summed E-state index contributed by atoms with van der Waals surface area (Å²) in [5.41, 5.74) is 0.835. The number of halogens is 1. The van der Waals surface area contributed by atoms with Gasteiger partial charge >= 0.3 is 0 Å². The van der Waals surface area contributed by atoms with Crippen LogP contribution in [0.2, 0.25) is 5.02 Å². The summed E-state index contributed by atoms with van der Waals surface area (Å²) in [4.78, 5) is 7.47. The smallest absolute Gasteiger partial charge is 0.191 e. The van der Waals surface area contributed by atoms with Crippen LogP contribution < -0.4 is 9.54 Å². The first kappa shape index (κ1) is 21.1. The summed E-state index contributed by atoms with van der Waals surface area (Å²) in [6.45, 7) is 14.5. The minimum Gasteiger partial charge on any atom is -0.493 e. The highest BCUT2D eigenvalue weighted by Gasteiger charge is 2.18. The number of thiocarbonyl (C=S) groups is 1. The Hall–Kier alpha value is -1.17. The largest absolute Gasteiger partial charge is 0.493 e. The highest BCUT2D eigenvalue weighted by Crippen LogP contribution is 2.26. The van der Waals surface area contributed by atoms with Crippen molar-refractivity contribution in [3.8, 4) is 5.75 Å². The Morgan fingerprint density at radius 2 is 2.04 bits per heavy atom. The van der Waals surface area contributed by atoms with Crippen molar-refractivity contribution >= 4 is 40.1 Å². The van der Waals surface area contributed by atoms with E-state index in [1.807, 2.05) is 19.1 Å². The van der Waals surface area contributed by atoms with E-state index in [1.165, 1.54) is 4.88 Å². The standard InChI is InChI=1S/C20H27ClN2OS2/c1-7-24-16-9-8-14(21)10-15(16)18(25)22-19-23(11-13(2)3)12-17(26-19)20(4,5)6/h8-10,12-13H,7,11H2,1-6H3/b22-19-. The van der Waals surface area contributed by atoms with Gasteiger partial charge in [0.1, 0.15) is 10.7 Å². The molecular weight excluding hydrogens is 384 g/mol. The van der Waals surface area contributed by atoms with E-state index in [1.54, 1.807) is 17.4 Å². The molecule has 0 aliphatic heterocycles. The van der Waals surface area contributed by atoms with Gasteiger partial charge in [-0.05, 0) is 36.5 Å². The summed E-state index contributed by atoms with van der Waals surface area (Å²) < 4.78 is 7.90. The van der Waals surface area contributed by atoms with Crippen LogP contribution in [0.4, 0.5) is 0 Å². The lowest BCUT2D eigenvalue weighted by molar-refractivity contribution is 0.339. The Morgan fingerprint density at radius 3 is 2.62 bits per heavy atom. The van der Waals surface area contributed by atoms with E-state index in [0.29, 0.717) is 28.3 Å². The van der Waals surface area contributed by atoms with Gasteiger partial charge in [0.15, 0.2) is 4.80 Å². The topological polar surface area (TPSA) is 26.5 Å². The SMILES string of the molecule is CCOc1ccc(Cl)cc1C(=S)/N=c1\sc(C(C)(C)C)cn1CC(C)C. The minimum absolute atomic E-state index is 0.0747. The lowest BCUT2D eigenvalue weighted by Crippen LogP contribution is -2.19. The molecule has 0 saturated heterocycles. The van der Waals surface area contributed by atoms with Crippen LogP contribution in [0.1, 0.15) is 52.0 Å². The number of aromatic nitrogens is 1. The molecule has 6 heteroatoms. The molecule has 0 unspecified atom stereocenters. The molecule has 2 rings (SSSR count). The van der Waals surface area contributed by atoms with Gasteiger partial charge in [-0.3, -0.25) is 0 Å². The first-order valence-electron chi connectivity index (χ1n) is 8.84. The summed E-state index contributed by atoms with van der Waals surface area (Å²) >= 11 is 13.5. The summed E-state index contributed by atoms with van der Waals surface area (Å²) in [5, 5.41) is 0.623. The Bertz CT molecular complexity index is 844. The van der Waals surface area contributed by atoms with Gasteiger partial charge in [-0.25, -0.2) is 4.99 Å². The van der Waals surface area contributed by atoms with E-state index in [2.05, 4.69) is 45.4 Å². The molecule has 26 heavy (non-hydrogen) atoms. The molecule has 0 spiro atoms. The molecule has 0 atom stereocenters. The van der Waals surface area contributed by atoms with Crippen LogP contribution in [0.15, 0.2) is 29.4 Å². The maximum absolute atomic E-state index is 6.17. The number of rotatable bonds is 5. The second kappa shape index (κ2) is 8.68. The Morgan fingerprint density at radius 1 is 1.35 bits per heavy atom. The minimum atomic E-state index is 0.0747. The summed E-state index contributed by atoms with van der Waals surface area (Å²) in [7, 11) is 0. The normalized spacial score (nSPS) is 12.7. The molecule has 0 aliphatic rings. The summed E-state index contributed by atoms with van der Waals surface area (Å²) in [6, 6.07) is 5.48. The molecule has 3 nitrogen and oxygen atoms in total. The van der Waals surface area contributed by atoms with Crippen LogP contribution in [-0.2, 0) is 12.0 Å². The fourth-order valence-electron chi connectivity index (χ4n) is 2.44. The summed E-state index contributed by atoms with van der Waals surface area (Å²) in [6.07, 6.45) is 2.20. The molecule has 0 radical (unpaired) electrons. The highest BCUT2D eigenvalue weighted by atomic mass is 35.5. The Kier molecular flexibility index (Phi) is 7.05. The van der Waals surface area contributed by atoms with Gasteiger partial charge in [0.2, 0.25) is 0 Å². The average molecular weight is 411 g/mol. The first-order valence-corrected chi connectivity index (χ1v) is 10.4. The zero-order valence-electron chi connectivity index (χ0n) is 16.3.